The van der Waals surface area contributed by atoms with E-state index in [-0.39, 0.29) is 36.1 Å². The van der Waals surface area contributed by atoms with Gasteiger partial charge in [-0.3, -0.25) is 24.0 Å². The Labute approximate surface area is 250 Å². The first-order chi connectivity index (χ1) is 20.7. The van der Waals surface area contributed by atoms with E-state index in [1.54, 1.807) is 4.90 Å². The second-order valence-electron chi connectivity index (χ2n) is 13.2. The van der Waals surface area contributed by atoms with Gasteiger partial charge in [0, 0.05) is 48.6 Å². The zero-order valence-electron chi connectivity index (χ0n) is 24.5. The Hall–Kier alpha value is -3.73. The number of aromatic nitrogens is 1. The highest BCUT2D eigenvalue weighted by Gasteiger charge is 2.70. The second kappa shape index (κ2) is 9.38. The fourth-order valence-electron chi connectivity index (χ4n) is 8.65. The fourth-order valence-corrected chi connectivity index (χ4v) is 8.65. The number of rotatable bonds is 4. The Bertz CT molecular complexity index is 1640. The minimum atomic E-state index is -2.03. The van der Waals surface area contributed by atoms with Gasteiger partial charge in [0.1, 0.15) is 12.1 Å². The number of nitrogens with one attached hydrogen (secondary N) is 2. The maximum Gasteiger partial charge on any atom is 0.280 e. The summed E-state index contributed by atoms with van der Waals surface area (Å²) in [5.74, 6) is -3.31. The van der Waals surface area contributed by atoms with E-state index in [0.29, 0.717) is 32.4 Å². The molecule has 3 amide bonds. The fraction of sp³-hybridized carbons (Fsp3) is 0.485. The lowest BCUT2D eigenvalue weighted by Gasteiger charge is -2.48. The molecule has 5 heterocycles. The number of piperidine rings is 1. The molecule has 1 aliphatic carbocycles. The molecule has 8 rings (SSSR count). The van der Waals surface area contributed by atoms with Gasteiger partial charge in [0.25, 0.3) is 11.8 Å². The van der Waals surface area contributed by atoms with Crippen molar-refractivity contribution >= 4 is 28.6 Å². The molecule has 7 atom stereocenters. The molecule has 0 bridgehead atoms. The summed E-state index contributed by atoms with van der Waals surface area (Å²) in [6.07, 6.45) is 5.13. The average Bonchev–Trinajstić information content (AvgIpc) is 3.70. The normalized spacial score (nSPS) is 35.2. The molecule has 1 aromatic heterocycles. The first-order valence-corrected chi connectivity index (χ1v) is 15.4. The van der Waals surface area contributed by atoms with E-state index < -0.39 is 29.6 Å². The van der Waals surface area contributed by atoms with Crippen LogP contribution in [0.25, 0.3) is 10.9 Å². The van der Waals surface area contributed by atoms with E-state index in [1.165, 1.54) is 28.3 Å². The van der Waals surface area contributed by atoms with Gasteiger partial charge in [-0.2, -0.15) is 0 Å². The van der Waals surface area contributed by atoms with E-state index in [2.05, 4.69) is 46.6 Å². The molecule has 10 nitrogen and oxygen atoms in total. The van der Waals surface area contributed by atoms with Crippen LogP contribution in [-0.2, 0) is 32.0 Å². The van der Waals surface area contributed by atoms with Crippen LogP contribution in [0.4, 0.5) is 0 Å². The number of benzene rings is 2. The van der Waals surface area contributed by atoms with Gasteiger partial charge >= 0.3 is 0 Å². The Morgan fingerprint density at radius 1 is 1.16 bits per heavy atom. The number of carbonyl (C=O) groups is 3. The highest BCUT2D eigenvalue weighted by Crippen LogP contribution is 2.47. The summed E-state index contributed by atoms with van der Waals surface area (Å²) in [7, 11) is 2.06. The summed E-state index contributed by atoms with van der Waals surface area (Å²) < 4.78 is 6.25. The first-order valence-electron chi connectivity index (χ1n) is 15.4. The summed E-state index contributed by atoms with van der Waals surface area (Å²) in [6.45, 7) is 2.56. The lowest BCUT2D eigenvalue weighted by Crippen LogP contribution is -2.71. The van der Waals surface area contributed by atoms with Crippen molar-refractivity contribution in [1.82, 2.24) is 25.0 Å². The van der Waals surface area contributed by atoms with Gasteiger partial charge < -0.3 is 25.2 Å². The van der Waals surface area contributed by atoms with Crippen LogP contribution in [0.3, 0.4) is 0 Å². The Morgan fingerprint density at radius 3 is 2.79 bits per heavy atom. The molecule has 0 saturated carbocycles. The monoisotopic (exact) mass is 583 g/mol. The maximum absolute atomic E-state index is 14.2. The van der Waals surface area contributed by atoms with E-state index in [9.17, 15) is 19.5 Å². The smallest absolute Gasteiger partial charge is 0.280 e. The molecule has 4 fully saturated rings. The average molecular weight is 584 g/mol. The number of likely N-dealkylation sites (N-methyl/N-ethyl adjacent to an activating group) is 1. The molecule has 5 aliphatic rings. The van der Waals surface area contributed by atoms with Crippen molar-refractivity contribution in [3.05, 3.63) is 71.4 Å². The minimum absolute atomic E-state index is 0.171. The minimum Gasteiger partial charge on any atom is -0.361 e. The maximum atomic E-state index is 14.2. The summed E-state index contributed by atoms with van der Waals surface area (Å²) in [4.78, 5) is 50.4. The molecule has 3 aromatic rings. The van der Waals surface area contributed by atoms with Crippen molar-refractivity contribution in [3.63, 3.8) is 0 Å². The molecule has 4 aliphatic heterocycles. The third-order valence-electron chi connectivity index (χ3n) is 10.6. The predicted octanol–water partition coefficient (Wildman–Crippen LogP) is 2.08. The molecule has 224 valence electrons. The number of nitrogens with zero attached hydrogens (tertiary/aromatic N) is 3. The van der Waals surface area contributed by atoms with Crippen LogP contribution in [0, 0.1) is 5.92 Å². The number of aromatic amines is 1. The first kappa shape index (κ1) is 26.9. The second-order valence-corrected chi connectivity index (χ2v) is 13.2. The van der Waals surface area contributed by atoms with Crippen LogP contribution < -0.4 is 5.32 Å². The standard InChI is InChI=1S/C33H37N5O5/c1-32(35-29(39)21-15-23-22-10-6-11-24-28(22)20(17-34-24)16-25(23)36(2)18-21)31(41)38-26(14-19-8-4-3-5-9-19)30(40)37-13-7-12-27(37)33(38,42)43-32/h3-6,8-11,17,21,23,25-27,34,42H,7,12-16,18H2,1-2H3,(H,35,39)/t21-,23+,25+,26-,27-,32-,33+/m1/s1. The number of carbonyl (C=O) groups excluding carboxylic acids is 3. The van der Waals surface area contributed by atoms with Crippen molar-refractivity contribution < 1.29 is 24.2 Å². The molecule has 0 unspecified atom stereocenters. The van der Waals surface area contributed by atoms with Crippen molar-refractivity contribution in [3.8, 4) is 0 Å². The summed E-state index contributed by atoms with van der Waals surface area (Å²) in [5.41, 5.74) is 2.74. The molecule has 4 saturated heterocycles. The quantitative estimate of drug-likeness (QED) is 0.433. The van der Waals surface area contributed by atoms with E-state index in [0.717, 1.165) is 17.5 Å². The van der Waals surface area contributed by atoms with Crippen LogP contribution in [0.1, 0.15) is 48.8 Å². The van der Waals surface area contributed by atoms with Gasteiger partial charge in [-0.05, 0) is 62.4 Å². The van der Waals surface area contributed by atoms with Gasteiger partial charge in [0.05, 0.1) is 5.92 Å². The highest BCUT2D eigenvalue weighted by molar-refractivity contribution is 5.97. The van der Waals surface area contributed by atoms with Crippen LogP contribution in [0.5, 0.6) is 0 Å². The van der Waals surface area contributed by atoms with Gasteiger partial charge in [-0.1, -0.05) is 42.5 Å². The zero-order chi connectivity index (χ0) is 29.7. The van der Waals surface area contributed by atoms with Crippen LogP contribution >= 0.6 is 0 Å². The lowest BCUT2D eigenvalue weighted by atomic mass is 9.72. The number of aliphatic hydroxyl groups is 1. The lowest BCUT2D eigenvalue weighted by molar-refractivity contribution is -0.315. The van der Waals surface area contributed by atoms with E-state index in [1.807, 2.05) is 30.3 Å². The van der Waals surface area contributed by atoms with Crippen molar-refractivity contribution in [2.24, 2.45) is 5.92 Å². The number of ether oxygens (including phenoxy) is 1. The van der Waals surface area contributed by atoms with Crippen LogP contribution in [0.2, 0.25) is 0 Å². The van der Waals surface area contributed by atoms with Gasteiger partial charge in [0.15, 0.2) is 0 Å². The van der Waals surface area contributed by atoms with Gasteiger partial charge in [-0.15, -0.1) is 0 Å². The van der Waals surface area contributed by atoms with Gasteiger partial charge in [0.2, 0.25) is 17.5 Å². The molecular formula is C33H37N5O5. The number of hydrogen-bond donors (Lipinski definition) is 3. The molecule has 3 N–H and O–H groups in total. The van der Waals surface area contributed by atoms with E-state index in [4.69, 9.17) is 4.74 Å². The van der Waals surface area contributed by atoms with Gasteiger partial charge in [-0.25, -0.2) is 0 Å². The summed E-state index contributed by atoms with van der Waals surface area (Å²) >= 11 is 0. The Kier molecular flexibility index (Phi) is 5.86. The number of amides is 3. The third-order valence-corrected chi connectivity index (χ3v) is 10.6. The Balaban J connectivity index is 1.08. The molecule has 0 radical (unpaired) electrons. The third kappa shape index (κ3) is 3.86. The largest absolute Gasteiger partial charge is 0.361 e. The number of piperazine rings is 1. The number of fused-ring (bicyclic) bond motifs is 5. The van der Waals surface area contributed by atoms with Crippen molar-refractivity contribution in [2.45, 2.75) is 74.7 Å². The predicted molar refractivity (Wildman–Crippen MR) is 157 cm³/mol. The summed E-state index contributed by atoms with van der Waals surface area (Å²) in [5, 5.41) is 16.2. The van der Waals surface area contributed by atoms with E-state index >= 15 is 0 Å². The Morgan fingerprint density at radius 2 is 1.98 bits per heavy atom. The number of H-pyrrole nitrogens is 1. The molecule has 0 spiro atoms. The topological polar surface area (TPSA) is 118 Å². The summed E-state index contributed by atoms with van der Waals surface area (Å²) in [6, 6.07) is 14.4. The molecule has 10 heteroatoms. The SMILES string of the molecule is CN1C[C@H](C(=O)N[C@]2(C)O[C@@]3(O)[C@H]4CCCN4C(=O)[C@@H](Cc4ccccc4)N3C2=O)C[C@H]2c3cccc4[nH]cc(c34)C[C@@H]21. The number of hydrogen-bond acceptors (Lipinski definition) is 6. The van der Waals surface area contributed by atoms with Crippen LogP contribution in [-0.4, -0.2) is 92.4 Å². The molecular weight excluding hydrogens is 546 g/mol. The van der Waals surface area contributed by atoms with Crippen molar-refractivity contribution in [1.29, 1.82) is 0 Å². The number of likely N-dealkylation sites (tertiary alicyclic amines) is 1. The highest BCUT2D eigenvalue weighted by atomic mass is 16.7. The zero-order valence-corrected chi connectivity index (χ0v) is 24.5. The van der Waals surface area contributed by atoms with Crippen molar-refractivity contribution in [2.75, 3.05) is 20.1 Å². The van der Waals surface area contributed by atoms with Crippen LogP contribution in [0.15, 0.2) is 54.7 Å². The molecule has 43 heavy (non-hydrogen) atoms. The molecule has 2 aromatic carbocycles.